The van der Waals surface area contributed by atoms with Gasteiger partial charge < -0.3 is 10.5 Å². The van der Waals surface area contributed by atoms with Gasteiger partial charge in [-0.2, -0.15) is 0 Å². The molecule has 1 rings (SSSR count). The van der Waals surface area contributed by atoms with Crippen molar-refractivity contribution in [2.24, 2.45) is 0 Å². The lowest BCUT2D eigenvalue weighted by Gasteiger charge is -2.07. The zero-order chi connectivity index (χ0) is 8.43. The number of hydrogen-bond donors (Lipinski definition) is 1. The van der Waals surface area contributed by atoms with Gasteiger partial charge in [-0.05, 0) is 41.1 Å². The number of benzene rings is 1. The lowest BCUT2D eigenvalue weighted by atomic mass is 10.2. The first kappa shape index (κ1) is 8.64. The van der Waals surface area contributed by atoms with E-state index >= 15 is 0 Å². The van der Waals surface area contributed by atoms with Crippen molar-refractivity contribution in [2.75, 3.05) is 12.8 Å². The van der Waals surface area contributed by atoms with Gasteiger partial charge in [0.05, 0.1) is 16.4 Å². The van der Waals surface area contributed by atoms with Gasteiger partial charge in [-0.1, -0.05) is 6.07 Å². The molecule has 0 bridgehead atoms. The van der Waals surface area contributed by atoms with Crippen molar-refractivity contribution in [3.63, 3.8) is 0 Å². The smallest absolute Gasteiger partial charge is 0.134 e. The summed E-state index contributed by atoms with van der Waals surface area (Å²) in [7, 11) is 1.65. The van der Waals surface area contributed by atoms with Gasteiger partial charge in [0.1, 0.15) is 5.75 Å². The van der Waals surface area contributed by atoms with Crippen LogP contribution in [-0.2, 0) is 0 Å². The highest BCUT2D eigenvalue weighted by Gasteiger charge is 2.04. The summed E-state index contributed by atoms with van der Waals surface area (Å²) < 4.78 is 6.08. The molecule has 60 valence electrons. The first-order valence-electron chi connectivity index (χ1n) is 3.25. The molecular weight excluding hydrogens is 253 g/mol. The number of hydrogen-bond acceptors (Lipinski definition) is 2. The number of aryl methyl sites for hydroxylation is 1. The van der Waals surface area contributed by atoms with Crippen LogP contribution in [0.1, 0.15) is 5.56 Å². The van der Waals surface area contributed by atoms with Crippen LogP contribution in [-0.4, -0.2) is 7.11 Å². The molecule has 0 unspecified atom stereocenters. The fraction of sp³-hybridized carbons (Fsp3) is 0.250. The fourth-order valence-corrected chi connectivity index (χ4v) is 1.65. The topological polar surface area (TPSA) is 35.2 Å². The van der Waals surface area contributed by atoms with Crippen molar-refractivity contribution in [3.05, 3.63) is 21.3 Å². The minimum absolute atomic E-state index is 0.810. The maximum Gasteiger partial charge on any atom is 0.134 e. The second kappa shape index (κ2) is 3.30. The number of ether oxygens (including phenoxy) is 1. The molecule has 0 heterocycles. The summed E-state index contributed by atoms with van der Waals surface area (Å²) in [6.45, 7) is 1.98. The molecule has 0 spiro atoms. The molecule has 3 heteroatoms. The van der Waals surface area contributed by atoms with Crippen LogP contribution in [0, 0.1) is 10.5 Å². The predicted octanol–water partition coefficient (Wildman–Crippen LogP) is 2.19. The van der Waals surface area contributed by atoms with Crippen molar-refractivity contribution in [2.45, 2.75) is 6.92 Å². The third-order valence-electron chi connectivity index (χ3n) is 1.58. The van der Waals surface area contributed by atoms with Crippen LogP contribution in [0.15, 0.2) is 12.1 Å². The Morgan fingerprint density at radius 3 is 2.64 bits per heavy atom. The summed E-state index contributed by atoms with van der Waals surface area (Å²) in [5, 5.41) is 0. The van der Waals surface area contributed by atoms with Crippen LogP contribution in [0.2, 0.25) is 0 Å². The van der Waals surface area contributed by atoms with Gasteiger partial charge >= 0.3 is 0 Å². The highest BCUT2D eigenvalue weighted by atomic mass is 127. The van der Waals surface area contributed by atoms with Gasteiger partial charge in [0.15, 0.2) is 0 Å². The minimum Gasteiger partial charge on any atom is -0.496 e. The van der Waals surface area contributed by atoms with Crippen molar-refractivity contribution in [1.29, 1.82) is 0 Å². The van der Waals surface area contributed by atoms with E-state index in [-0.39, 0.29) is 0 Å². The average molecular weight is 263 g/mol. The summed E-state index contributed by atoms with van der Waals surface area (Å²) in [6, 6.07) is 3.88. The zero-order valence-corrected chi connectivity index (χ0v) is 8.68. The SMILES string of the molecule is COc1ccc(C)c(N)c1I. The Balaban J connectivity index is 3.25. The number of nitrogens with two attached hydrogens (primary N) is 1. The van der Waals surface area contributed by atoms with Gasteiger partial charge in [-0.15, -0.1) is 0 Å². The van der Waals surface area contributed by atoms with Crippen LogP contribution in [0.5, 0.6) is 5.75 Å². The third kappa shape index (κ3) is 1.58. The molecule has 0 aliphatic heterocycles. The standard InChI is InChI=1S/C8H10INO/c1-5-3-4-6(11-2)7(9)8(5)10/h3-4H,10H2,1-2H3. The van der Waals surface area contributed by atoms with E-state index in [4.69, 9.17) is 10.5 Å². The number of rotatable bonds is 1. The third-order valence-corrected chi connectivity index (χ3v) is 2.69. The predicted molar refractivity (Wildman–Crippen MR) is 54.9 cm³/mol. The molecule has 1 aromatic carbocycles. The van der Waals surface area contributed by atoms with E-state index in [0.29, 0.717) is 0 Å². The van der Waals surface area contributed by atoms with Crippen molar-refractivity contribution < 1.29 is 4.74 Å². The zero-order valence-electron chi connectivity index (χ0n) is 6.52. The van der Waals surface area contributed by atoms with Crippen LogP contribution in [0.4, 0.5) is 5.69 Å². The quantitative estimate of drug-likeness (QED) is 0.622. The molecule has 0 amide bonds. The Hall–Kier alpha value is -0.450. The fourth-order valence-electron chi connectivity index (χ4n) is 0.827. The van der Waals surface area contributed by atoms with Crippen molar-refractivity contribution >= 4 is 28.3 Å². The Kier molecular flexibility index (Phi) is 2.59. The van der Waals surface area contributed by atoms with E-state index in [1.165, 1.54) is 0 Å². The number of methoxy groups -OCH3 is 1. The van der Waals surface area contributed by atoms with Crippen LogP contribution < -0.4 is 10.5 Å². The van der Waals surface area contributed by atoms with Crippen molar-refractivity contribution in [3.8, 4) is 5.75 Å². The van der Waals surface area contributed by atoms with E-state index < -0.39 is 0 Å². The summed E-state index contributed by atoms with van der Waals surface area (Å²) in [5.41, 5.74) is 7.67. The van der Waals surface area contributed by atoms with Crippen LogP contribution in [0.3, 0.4) is 0 Å². The van der Waals surface area contributed by atoms with Crippen molar-refractivity contribution in [1.82, 2.24) is 0 Å². The number of nitrogen functional groups attached to an aromatic ring is 1. The molecule has 1 aromatic rings. The summed E-state index contributed by atoms with van der Waals surface area (Å²) in [6.07, 6.45) is 0. The van der Waals surface area contributed by atoms with Crippen LogP contribution in [0.25, 0.3) is 0 Å². The van der Waals surface area contributed by atoms with Gasteiger partial charge in [-0.25, -0.2) is 0 Å². The molecule has 2 N–H and O–H groups in total. The second-order valence-electron chi connectivity index (χ2n) is 2.31. The molecule has 0 saturated heterocycles. The maximum atomic E-state index is 5.77. The maximum absolute atomic E-state index is 5.77. The average Bonchev–Trinajstić information content (AvgIpc) is 2.01. The lowest BCUT2D eigenvalue weighted by molar-refractivity contribution is 0.412. The molecular formula is C8H10INO. The van der Waals surface area contributed by atoms with E-state index in [1.807, 2.05) is 19.1 Å². The number of anilines is 1. The van der Waals surface area contributed by atoms with E-state index in [1.54, 1.807) is 7.11 Å². The monoisotopic (exact) mass is 263 g/mol. The molecule has 0 fully saturated rings. The Morgan fingerprint density at radius 2 is 2.09 bits per heavy atom. The van der Waals surface area contributed by atoms with E-state index in [9.17, 15) is 0 Å². The van der Waals surface area contributed by atoms with Gasteiger partial charge in [0.25, 0.3) is 0 Å². The first-order valence-corrected chi connectivity index (χ1v) is 4.33. The lowest BCUT2D eigenvalue weighted by Crippen LogP contribution is -1.96. The van der Waals surface area contributed by atoms with E-state index in [2.05, 4.69) is 22.6 Å². The van der Waals surface area contributed by atoms with Gasteiger partial charge in [-0.3, -0.25) is 0 Å². The van der Waals surface area contributed by atoms with Gasteiger partial charge in [0.2, 0.25) is 0 Å². The molecule has 0 aromatic heterocycles. The Bertz CT molecular complexity index is 273. The molecule has 0 saturated carbocycles. The normalized spacial score (nSPS) is 9.73. The summed E-state index contributed by atoms with van der Waals surface area (Å²) in [4.78, 5) is 0. The molecule has 0 aliphatic carbocycles. The summed E-state index contributed by atoms with van der Waals surface area (Å²) in [5.74, 6) is 0.841. The van der Waals surface area contributed by atoms with Gasteiger partial charge in [0, 0.05) is 0 Å². The Morgan fingerprint density at radius 1 is 1.45 bits per heavy atom. The molecule has 0 radical (unpaired) electrons. The highest BCUT2D eigenvalue weighted by molar-refractivity contribution is 14.1. The van der Waals surface area contributed by atoms with Crippen LogP contribution >= 0.6 is 22.6 Å². The van der Waals surface area contributed by atoms with E-state index in [0.717, 1.165) is 20.6 Å². The largest absolute Gasteiger partial charge is 0.496 e. The molecule has 0 atom stereocenters. The molecule has 2 nitrogen and oxygen atoms in total. The Labute approximate surface area is 79.9 Å². The molecule has 0 aliphatic rings. The summed E-state index contributed by atoms with van der Waals surface area (Å²) >= 11 is 2.18. The molecule has 11 heavy (non-hydrogen) atoms. The highest BCUT2D eigenvalue weighted by Crippen LogP contribution is 2.28. The number of halogens is 1. The first-order chi connectivity index (χ1) is 5.16. The minimum atomic E-state index is 0.810. The second-order valence-corrected chi connectivity index (χ2v) is 3.39.